The molecule has 186 valence electrons. The molecule has 0 aliphatic carbocycles. The summed E-state index contributed by atoms with van der Waals surface area (Å²) in [6.45, 7) is 6.11. The van der Waals surface area contributed by atoms with Crippen LogP contribution in [-0.4, -0.2) is 49.1 Å². The molecule has 7 nitrogen and oxygen atoms in total. The molecule has 0 saturated carbocycles. The van der Waals surface area contributed by atoms with Gasteiger partial charge < -0.3 is 25.4 Å². The number of methoxy groups -OCH3 is 1. The first-order valence-corrected chi connectivity index (χ1v) is 12.6. The zero-order chi connectivity index (χ0) is 24.6. The molecule has 1 aliphatic rings. The van der Waals surface area contributed by atoms with Crippen LogP contribution < -0.4 is 20.5 Å². The van der Waals surface area contributed by atoms with Crippen molar-refractivity contribution in [3.8, 4) is 11.5 Å². The molecule has 7 heteroatoms. The Hall–Kier alpha value is -3.32. The topological polar surface area (TPSA) is 89.7 Å². The summed E-state index contributed by atoms with van der Waals surface area (Å²) in [7, 11) is 1.62. The average Bonchev–Trinajstić information content (AvgIpc) is 3.15. The molecule has 0 atom stereocenters. The van der Waals surface area contributed by atoms with Crippen molar-refractivity contribution in [1.29, 1.82) is 0 Å². The number of carbonyl (C=O) groups is 1. The molecular weight excluding hydrogens is 440 g/mol. The molecule has 35 heavy (non-hydrogen) atoms. The van der Waals surface area contributed by atoms with E-state index in [0.29, 0.717) is 34.9 Å². The molecule has 1 amide bonds. The predicted octanol–water partition coefficient (Wildman–Crippen LogP) is 5.29. The first kappa shape index (κ1) is 24.8. The van der Waals surface area contributed by atoms with E-state index in [0.717, 1.165) is 36.0 Å². The van der Waals surface area contributed by atoms with Crippen LogP contribution in [0, 0.1) is 0 Å². The van der Waals surface area contributed by atoms with Gasteiger partial charge in [-0.05, 0) is 56.5 Å². The number of aromatic nitrogens is 1. The third-order valence-corrected chi connectivity index (χ3v) is 6.65. The minimum Gasteiger partial charge on any atom is -0.493 e. The number of amides is 1. The predicted molar refractivity (Wildman–Crippen MR) is 141 cm³/mol. The summed E-state index contributed by atoms with van der Waals surface area (Å²) in [5.74, 6) is 0.710. The van der Waals surface area contributed by atoms with Crippen LogP contribution in [0.15, 0.2) is 42.6 Å². The molecule has 3 aromatic rings. The van der Waals surface area contributed by atoms with Gasteiger partial charge >= 0.3 is 0 Å². The number of nitrogens with one attached hydrogen (secondary N) is 1. The molecular formula is C28H36N4O3. The highest BCUT2D eigenvalue weighted by atomic mass is 16.5. The minimum atomic E-state index is -0.538. The van der Waals surface area contributed by atoms with Gasteiger partial charge in [-0.2, -0.15) is 0 Å². The van der Waals surface area contributed by atoms with Crippen LogP contribution in [0.3, 0.4) is 0 Å². The molecule has 3 N–H and O–H groups in total. The summed E-state index contributed by atoms with van der Waals surface area (Å²) in [5.41, 5.74) is 9.43. The van der Waals surface area contributed by atoms with Crippen molar-refractivity contribution >= 4 is 28.2 Å². The lowest BCUT2D eigenvalue weighted by molar-refractivity contribution is 0.100. The molecule has 1 fully saturated rings. The number of carbonyl (C=O) groups excluding carboxylic acids is 1. The van der Waals surface area contributed by atoms with Crippen LogP contribution >= 0.6 is 0 Å². The smallest absolute Gasteiger partial charge is 0.252 e. The molecule has 0 radical (unpaired) electrons. The lowest BCUT2D eigenvalue weighted by Crippen LogP contribution is -2.26. The van der Waals surface area contributed by atoms with Gasteiger partial charge in [0.05, 0.1) is 30.5 Å². The van der Waals surface area contributed by atoms with Gasteiger partial charge in [0.1, 0.15) is 0 Å². The maximum atomic E-state index is 12.2. The maximum Gasteiger partial charge on any atom is 0.252 e. The summed E-state index contributed by atoms with van der Waals surface area (Å²) in [6, 6.07) is 11.8. The summed E-state index contributed by atoms with van der Waals surface area (Å²) < 4.78 is 11.8. The number of hydrogen-bond acceptors (Lipinski definition) is 6. The maximum absolute atomic E-state index is 12.2. The highest BCUT2D eigenvalue weighted by Crippen LogP contribution is 2.37. The van der Waals surface area contributed by atoms with Crippen LogP contribution in [0.1, 0.15) is 54.9 Å². The fraction of sp³-hybridized carbons (Fsp3) is 0.429. The van der Waals surface area contributed by atoms with Gasteiger partial charge in [0, 0.05) is 29.9 Å². The van der Waals surface area contributed by atoms with E-state index in [1.54, 1.807) is 7.11 Å². The second kappa shape index (κ2) is 11.9. The number of nitrogens with zero attached hydrogens (tertiary/aromatic N) is 2. The van der Waals surface area contributed by atoms with E-state index in [1.165, 1.54) is 45.0 Å². The van der Waals surface area contributed by atoms with E-state index < -0.39 is 5.91 Å². The second-order valence-electron chi connectivity index (χ2n) is 9.02. The van der Waals surface area contributed by atoms with Crippen LogP contribution in [0.4, 0.5) is 11.4 Å². The number of hydrogen-bond donors (Lipinski definition) is 2. The minimum absolute atomic E-state index is 0.330. The van der Waals surface area contributed by atoms with Crippen molar-refractivity contribution in [2.45, 2.75) is 45.4 Å². The van der Waals surface area contributed by atoms with E-state index in [9.17, 15) is 4.79 Å². The first-order valence-electron chi connectivity index (χ1n) is 12.6. The molecule has 0 bridgehead atoms. The zero-order valence-electron chi connectivity index (χ0n) is 20.8. The lowest BCUT2D eigenvalue weighted by atomic mass is 10.1. The van der Waals surface area contributed by atoms with Crippen molar-refractivity contribution in [2.75, 3.05) is 38.7 Å². The van der Waals surface area contributed by atoms with E-state index in [-0.39, 0.29) is 0 Å². The zero-order valence-corrected chi connectivity index (χ0v) is 20.8. The Labute approximate surface area is 207 Å². The molecule has 0 unspecified atom stereocenters. The third-order valence-electron chi connectivity index (χ3n) is 6.65. The highest BCUT2D eigenvalue weighted by molar-refractivity contribution is 6.08. The Morgan fingerprint density at radius 2 is 1.89 bits per heavy atom. The van der Waals surface area contributed by atoms with Gasteiger partial charge in [-0.1, -0.05) is 38.0 Å². The quantitative estimate of drug-likeness (QED) is 0.386. The van der Waals surface area contributed by atoms with Crippen LogP contribution in [0.5, 0.6) is 11.5 Å². The molecule has 1 aromatic heterocycles. The van der Waals surface area contributed by atoms with Crippen LogP contribution in [0.2, 0.25) is 0 Å². The number of anilines is 2. The Morgan fingerprint density at radius 3 is 2.60 bits per heavy atom. The van der Waals surface area contributed by atoms with Crippen LogP contribution in [-0.2, 0) is 6.42 Å². The average molecular weight is 477 g/mol. The van der Waals surface area contributed by atoms with E-state index in [2.05, 4.69) is 28.2 Å². The van der Waals surface area contributed by atoms with Crippen molar-refractivity contribution in [1.82, 2.24) is 9.88 Å². The number of ether oxygens (including phenoxy) is 2. The van der Waals surface area contributed by atoms with Gasteiger partial charge in [0.2, 0.25) is 0 Å². The number of rotatable bonds is 10. The van der Waals surface area contributed by atoms with E-state index in [4.69, 9.17) is 15.2 Å². The van der Waals surface area contributed by atoms with Crippen molar-refractivity contribution < 1.29 is 14.3 Å². The third kappa shape index (κ3) is 6.03. The number of para-hydroxylation sites is 1. The monoisotopic (exact) mass is 476 g/mol. The number of aryl methyl sites for hydroxylation is 1. The van der Waals surface area contributed by atoms with Gasteiger partial charge in [0.25, 0.3) is 5.91 Å². The van der Waals surface area contributed by atoms with E-state index in [1.807, 2.05) is 30.3 Å². The molecule has 2 heterocycles. The number of nitrogens with two attached hydrogens (primary N) is 1. The number of benzene rings is 2. The fourth-order valence-corrected chi connectivity index (χ4v) is 4.71. The normalized spacial score (nSPS) is 14.5. The fourth-order valence-electron chi connectivity index (χ4n) is 4.71. The highest BCUT2D eigenvalue weighted by Gasteiger charge is 2.18. The largest absolute Gasteiger partial charge is 0.493 e. The van der Waals surface area contributed by atoms with Crippen LogP contribution in [0.25, 0.3) is 10.9 Å². The van der Waals surface area contributed by atoms with Gasteiger partial charge in [-0.15, -0.1) is 0 Å². The SMILES string of the molecule is CCc1ccccc1Nc1c(C(N)=O)cnc2cc(OCCCN3CCCCCC3)c(OC)cc12. The summed E-state index contributed by atoms with van der Waals surface area (Å²) >= 11 is 0. The molecule has 2 aromatic carbocycles. The van der Waals surface area contributed by atoms with Crippen molar-refractivity contribution in [3.05, 3.63) is 53.7 Å². The Morgan fingerprint density at radius 1 is 1.11 bits per heavy atom. The molecule has 4 rings (SSSR count). The number of pyridine rings is 1. The summed E-state index contributed by atoms with van der Waals surface area (Å²) in [6.07, 6.45) is 8.60. The molecule has 1 saturated heterocycles. The Balaban J connectivity index is 1.58. The lowest BCUT2D eigenvalue weighted by Gasteiger charge is -2.20. The second-order valence-corrected chi connectivity index (χ2v) is 9.02. The number of likely N-dealkylation sites (tertiary alicyclic amines) is 1. The Kier molecular flexibility index (Phi) is 8.42. The number of primary amides is 1. The van der Waals surface area contributed by atoms with Crippen molar-refractivity contribution in [3.63, 3.8) is 0 Å². The molecule has 1 aliphatic heterocycles. The van der Waals surface area contributed by atoms with Gasteiger partial charge in [-0.25, -0.2) is 0 Å². The van der Waals surface area contributed by atoms with Gasteiger partial charge in [0.15, 0.2) is 11.5 Å². The van der Waals surface area contributed by atoms with Gasteiger partial charge in [-0.3, -0.25) is 9.78 Å². The summed E-state index contributed by atoms with van der Waals surface area (Å²) in [5, 5.41) is 4.19. The Bertz CT molecular complexity index is 1160. The standard InChI is InChI=1S/C28H36N4O3/c1-3-20-11-6-7-12-23(20)31-27-21-17-25(34-2)26(18-24(21)30-19-22(27)28(29)33)35-16-10-15-32-13-8-4-5-9-14-32/h6-7,11-12,17-19H,3-5,8-10,13-16H2,1-2H3,(H2,29,33)(H,30,31). The summed E-state index contributed by atoms with van der Waals surface area (Å²) in [4.78, 5) is 19.3. The molecule has 0 spiro atoms. The van der Waals surface area contributed by atoms with E-state index >= 15 is 0 Å². The first-order chi connectivity index (χ1) is 17.1. The number of fused-ring (bicyclic) bond motifs is 1. The van der Waals surface area contributed by atoms with Crippen molar-refractivity contribution in [2.24, 2.45) is 5.73 Å².